The molecule has 0 saturated heterocycles. The average Bonchev–Trinajstić information content (AvgIpc) is 3.03. The van der Waals surface area contributed by atoms with Crippen LogP contribution in [0.2, 0.25) is 0 Å². The molecule has 27 heavy (non-hydrogen) atoms. The highest BCUT2D eigenvalue weighted by Crippen LogP contribution is 2.68. The van der Waals surface area contributed by atoms with Gasteiger partial charge in [-0.1, -0.05) is 20.8 Å². The van der Waals surface area contributed by atoms with Crippen molar-refractivity contribution < 1.29 is 18.1 Å². The number of ketones is 1. The van der Waals surface area contributed by atoms with Crippen molar-refractivity contribution in [2.24, 2.45) is 46.3 Å². The summed E-state index contributed by atoms with van der Waals surface area (Å²) in [6.07, 6.45) is -1.06. The fourth-order valence-electron chi connectivity index (χ4n) is 7.97. The Hall–Kier alpha value is -0.370. The summed E-state index contributed by atoms with van der Waals surface area (Å²) in [6.45, 7) is 7.90. The molecule has 4 aliphatic rings. The third-order valence-corrected chi connectivity index (χ3v) is 9.34. The molecule has 0 aliphatic heterocycles. The first-order chi connectivity index (χ1) is 15.0. The lowest BCUT2D eigenvalue weighted by Crippen LogP contribution is -2.54. The van der Waals surface area contributed by atoms with Crippen LogP contribution in [0.1, 0.15) is 106 Å². The molecule has 4 fully saturated rings. The lowest BCUT2D eigenvalue weighted by Gasteiger charge is -2.61. The highest BCUT2D eigenvalue weighted by atomic mass is 16.3. The molecule has 4 saturated carbocycles. The predicted molar refractivity (Wildman–Crippen MR) is 110 cm³/mol. The van der Waals surface area contributed by atoms with Crippen LogP contribution in [-0.4, -0.2) is 17.0 Å². The van der Waals surface area contributed by atoms with Crippen molar-refractivity contribution in [3.8, 4) is 0 Å². The van der Waals surface area contributed by atoms with Crippen molar-refractivity contribution in [3.05, 3.63) is 0 Å². The zero-order valence-corrected chi connectivity index (χ0v) is 17.6. The second-order valence-electron chi connectivity index (χ2n) is 10.6. The van der Waals surface area contributed by atoms with E-state index in [1.54, 1.807) is 0 Å². The van der Waals surface area contributed by atoms with E-state index in [0.717, 1.165) is 32.1 Å². The fraction of sp³-hybridized carbons (Fsp3) is 0.960. The molecule has 9 atom stereocenters. The van der Waals surface area contributed by atoms with Gasteiger partial charge in [-0.05, 0) is 117 Å². The van der Waals surface area contributed by atoms with Gasteiger partial charge in [-0.2, -0.15) is 0 Å². The normalized spacial score (nSPS) is 58.0. The molecule has 0 heterocycles. The van der Waals surface area contributed by atoms with Crippen molar-refractivity contribution in [1.82, 2.24) is 0 Å². The predicted octanol–water partition coefficient (Wildman–Crippen LogP) is 6.01. The van der Waals surface area contributed by atoms with E-state index in [-0.39, 0.29) is 36.0 Å². The number of hydrogen-bond donors (Lipinski definition) is 1. The van der Waals surface area contributed by atoms with Gasteiger partial charge >= 0.3 is 0 Å². The van der Waals surface area contributed by atoms with Crippen LogP contribution in [0.3, 0.4) is 0 Å². The van der Waals surface area contributed by atoms with Crippen LogP contribution < -0.4 is 0 Å². The fourth-order valence-corrected chi connectivity index (χ4v) is 7.97. The second-order valence-corrected chi connectivity index (χ2v) is 10.6. The Labute approximate surface area is 175 Å². The Balaban J connectivity index is 1.59. The summed E-state index contributed by atoms with van der Waals surface area (Å²) in [7, 11) is 0. The monoisotopic (exact) mass is 380 g/mol. The van der Waals surface area contributed by atoms with Crippen LogP contribution in [0.25, 0.3) is 0 Å². The lowest BCUT2D eigenvalue weighted by atomic mass is 9.44. The smallest absolute Gasteiger partial charge is 0.129 e. The van der Waals surface area contributed by atoms with Crippen LogP contribution >= 0.6 is 0 Å². The van der Waals surface area contributed by atoms with Gasteiger partial charge in [0.15, 0.2) is 0 Å². The van der Waals surface area contributed by atoms with Gasteiger partial charge in [-0.15, -0.1) is 0 Å². The highest BCUT2D eigenvalue weighted by molar-refractivity contribution is 5.75. The summed E-state index contributed by atoms with van der Waals surface area (Å²) in [6, 6.07) is 0. The summed E-state index contributed by atoms with van der Waals surface area (Å²) in [5, 5.41) is 10.5. The van der Waals surface area contributed by atoms with E-state index < -0.39 is 36.4 Å². The molecule has 154 valence electrons. The maximum atomic E-state index is 11.8. The van der Waals surface area contributed by atoms with E-state index in [0.29, 0.717) is 24.2 Å². The quantitative estimate of drug-likeness (QED) is 0.648. The molecule has 2 nitrogen and oxygen atoms in total. The molecule has 0 aromatic heterocycles. The Morgan fingerprint density at radius 2 is 1.89 bits per heavy atom. The summed E-state index contributed by atoms with van der Waals surface area (Å²) in [4.78, 5) is 11.8. The van der Waals surface area contributed by atoms with Gasteiger partial charge in [0, 0.05) is 14.6 Å². The number of carbonyl (C=O) groups excluding carboxylic acids is 1. The molecule has 0 spiro atoms. The number of carbonyl (C=O) groups is 1. The molecule has 0 unspecified atom stereocenters. The Kier molecular flexibility index (Phi) is 3.65. The summed E-state index contributed by atoms with van der Waals surface area (Å²) >= 11 is 0. The van der Waals surface area contributed by atoms with Gasteiger partial charge in [0.25, 0.3) is 0 Å². The summed E-state index contributed by atoms with van der Waals surface area (Å²) in [5.74, 6) is 0.928. The van der Waals surface area contributed by atoms with E-state index >= 15 is 0 Å². The Morgan fingerprint density at radius 3 is 2.63 bits per heavy atom. The maximum absolute atomic E-state index is 11.8. The second kappa shape index (κ2) is 7.15. The number of fused-ring (bicyclic) bond motifs is 5. The standard InChI is InChI=1S/C25H42O2/c1-16(5-6-17(2)26)21-9-10-22-20-8-7-18-15-19(27)11-13-24(18,3)23(20)12-14-25(21,22)4/h16,18-23,27H,5-15H2,1-4H3/t16-,18-,19+,20+,21-,22+,23+,24+,25-/m1/s1/i6D2,11D2,15D2. The molecule has 0 radical (unpaired) electrons. The molecule has 4 aliphatic carbocycles. The van der Waals surface area contributed by atoms with E-state index in [1.165, 1.54) is 6.92 Å². The number of aliphatic hydroxyl groups excluding tert-OH is 1. The van der Waals surface area contributed by atoms with Gasteiger partial charge in [0.05, 0.1) is 6.10 Å². The number of hydrogen-bond acceptors (Lipinski definition) is 2. The van der Waals surface area contributed by atoms with Gasteiger partial charge in [-0.3, -0.25) is 0 Å². The Morgan fingerprint density at radius 1 is 1.15 bits per heavy atom. The first-order valence-corrected chi connectivity index (χ1v) is 11.2. The number of Topliss-reactive ketones (excluding diaryl/α,β-unsaturated/α-hetero) is 1. The largest absolute Gasteiger partial charge is 0.393 e. The number of aliphatic hydroxyl groups is 1. The SMILES string of the molecule is [2H]C([2H])(C[C@@H](C)[C@H]1CC[C@H]2[C@@H]3CC[C@@H]4C([2H])([2H])[C@@H](O)C([2H])([2H])C[C@]4(C)[C@H]3CC[C@]12C)C(C)=O. The van der Waals surface area contributed by atoms with E-state index in [1.807, 2.05) is 0 Å². The molecule has 4 rings (SSSR count). The topological polar surface area (TPSA) is 37.3 Å². The molecule has 0 aromatic rings. The third kappa shape index (κ3) is 3.22. The van der Waals surface area contributed by atoms with E-state index in [2.05, 4.69) is 20.8 Å². The first-order valence-electron chi connectivity index (χ1n) is 14.2. The van der Waals surface area contributed by atoms with Gasteiger partial charge < -0.3 is 9.90 Å². The lowest BCUT2D eigenvalue weighted by molar-refractivity contribution is -0.129. The zero-order valence-electron chi connectivity index (χ0n) is 23.6. The Bertz CT molecular complexity index is 800. The average molecular weight is 381 g/mol. The van der Waals surface area contributed by atoms with Crippen molar-refractivity contribution in [3.63, 3.8) is 0 Å². The zero-order chi connectivity index (χ0) is 24.8. The molecular formula is C25H42O2. The van der Waals surface area contributed by atoms with Crippen molar-refractivity contribution in [2.45, 2.75) is 104 Å². The minimum atomic E-state index is -1.93. The van der Waals surface area contributed by atoms with Crippen molar-refractivity contribution >= 4 is 5.78 Å². The van der Waals surface area contributed by atoms with Gasteiger partial charge in [0.2, 0.25) is 0 Å². The van der Waals surface area contributed by atoms with E-state index in [4.69, 9.17) is 8.22 Å². The molecule has 0 amide bonds. The maximum Gasteiger partial charge on any atom is 0.129 e. The molecule has 0 aromatic carbocycles. The van der Waals surface area contributed by atoms with Crippen LogP contribution in [0.15, 0.2) is 0 Å². The van der Waals surface area contributed by atoms with Crippen molar-refractivity contribution in [2.75, 3.05) is 0 Å². The van der Waals surface area contributed by atoms with Crippen molar-refractivity contribution in [1.29, 1.82) is 0 Å². The van der Waals surface area contributed by atoms with Crippen LogP contribution in [0.5, 0.6) is 0 Å². The molecule has 2 heteroatoms. The van der Waals surface area contributed by atoms with Crippen LogP contribution in [-0.2, 0) is 4.79 Å². The summed E-state index contributed by atoms with van der Waals surface area (Å²) < 4.78 is 50.5. The molecule has 0 bridgehead atoms. The summed E-state index contributed by atoms with van der Waals surface area (Å²) in [5.41, 5.74) is -0.380. The third-order valence-electron chi connectivity index (χ3n) is 9.34. The van der Waals surface area contributed by atoms with Gasteiger partial charge in [0.1, 0.15) is 5.78 Å². The van der Waals surface area contributed by atoms with Crippen LogP contribution in [0, 0.1) is 46.3 Å². The number of rotatable bonds is 4. The van der Waals surface area contributed by atoms with E-state index in [9.17, 15) is 9.90 Å². The van der Waals surface area contributed by atoms with Gasteiger partial charge in [-0.25, -0.2) is 0 Å². The minimum absolute atomic E-state index is 0.0862. The first kappa shape index (κ1) is 13.8. The minimum Gasteiger partial charge on any atom is -0.393 e. The molecular weight excluding hydrogens is 332 g/mol. The molecule has 1 N–H and O–H groups in total. The highest BCUT2D eigenvalue weighted by Gasteiger charge is 2.60. The van der Waals surface area contributed by atoms with Crippen LogP contribution in [0.4, 0.5) is 0 Å².